The lowest BCUT2D eigenvalue weighted by Gasteiger charge is -2.32. The number of methoxy groups -OCH3 is 2. The maximum Gasteiger partial charge on any atom is 0.257 e. The quantitative estimate of drug-likeness (QED) is 0.784. The average molecular weight is 417 g/mol. The lowest BCUT2D eigenvalue weighted by molar-refractivity contribution is -0.121. The fraction of sp³-hybridized carbons (Fsp3) is 0.364. The molecule has 0 spiro atoms. The monoisotopic (exact) mass is 416 g/mol. The third kappa shape index (κ3) is 5.41. The highest BCUT2D eigenvalue weighted by Gasteiger charge is 2.26. The molecule has 3 rings (SSSR count). The van der Waals surface area contributed by atoms with E-state index < -0.39 is 0 Å². The minimum Gasteiger partial charge on any atom is -0.497 e. The predicted octanol–water partition coefficient (Wildman–Crippen LogP) is 3.32. The number of ether oxygens (including phenoxy) is 2. The minimum atomic E-state index is -0.104. The third-order valence-corrected chi connectivity index (χ3v) is 5.30. The molecule has 1 heterocycles. The Bertz CT molecular complexity index is 862. The van der Waals surface area contributed by atoms with E-state index in [1.165, 1.54) is 7.11 Å². The van der Waals surface area contributed by atoms with Crippen LogP contribution in [0.5, 0.6) is 11.5 Å². The molecule has 0 atom stereocenters. The molecule has 0 unspecified atom stereocenters. The number of amides is 2. The van der Waals surface area contributed by atoms with Crippen molar-refractivity contribution in [1.29, 1.82) is 0 Å². The van der Waals surface area contributed by atoms with Gasteiger partial charge in [-0.15, -0.1) is 0 Å². The topological polar surface area (TPSA) is 67.9 Å². The van der Waals surface area contributed by atoms with Gasteiger partial charge >= 0.3 is 0 Å². The number of likely N-dealkylation sites (tertiary alicyclic amines) is 1. The Hall–Kier alpha value is -2.73. The van der Waals surface area contributed by atoms with Gasteiger partial charge in [0.1, 0.15) is 11.5 Å². The number of rotatable bonds is 6. The average Bonchev–Trinajstić information content (AvgIpc) is 2.74. The second-order valence-corrected chi connectivity index (χ2v) is 7.44. The van der Waals surface area contributed by atoms with Gasteiger partial charge in [-0.1, -0.05) is 23.7 Å². The van der Waals surface area contributed by atoms with Crippen LogP contribution in [0.2, 0.25) is 5.02 Å². The molecule has 2 amide bonds. The van der Waals surface area contributed by atoms with Crippen LogP contribution in [0.1, 0.15) is 28.8 Å². The van der Waals surface area contributed by atoms with E-state index in [0.29, 0.717) is 48.7 Å². The third-order valence-electron chi connectivity index (χ3n) is 5.06. The van der Waals surface area contributed by atoms with Gasteiger partial charge in [-0.05, 0) is 48.7 Å². The van der Waals surface area contributed by atoms with Crippen LogP contribution in [0, 0.1) is 0 Å². The van der Waals surface area contributed by atoms with Gasteiger partial charge in [0, 0.05) is 24.2 Å². The summed E-state index contributed by atoms with van der Waals surface area (Å²) in [6.07, 6.45) is 1.74. The number of carbonyl (C=O) groups is 2. The van der Waals surface area contributed by atoms with Crippen molar-refractivity contribution in [1.82, 2.24) is 10.2 Å². The molecular formula is C22H25ClN2O4. The number of halogens is 1. The molecule has 1 N–H and O–H groups in total. The SMILES string of the molecule is COc1ccc(CC(=O)NC2CCN(C(=O)c3cc(Cl)ccc3OC)CC2)cc1. The first-order valence-corrected chi connectivity index (χ1v) is 9.93. The van der Waals surface area contributed by atoms with Crippen molar-refractivity contribution >= 4 is 23.4 Å². The van der Waals surface area contributed by atoms with E-state index >= 15 is 0 Å². The summed E-state index contributed by atoms with van der Waals surface area (Å²) in [6.45, 7) is 1.14. The lowest BCUT2D eigenvalue weighted by Crippen LogP contribution is -2.47. The van der Waals surface area contributed by atoms with Gasteiger partial charge in [-0.2, -0.15) is 0 Å². The summed E-state index contributed by atoms with van der Waals surface area (Å²) in [6, 6.07) is 12.5. The van der Waals surface area contributed by atoms with Crippen molar-refractivity contribution < 1.29 is 19.1 Å². The number of hydrogen-bond acceptors (Lipinski definition) is 4. The predicted molar refractivity (Wildman–Crippen MR) is 112 cm³/mol. The molecule has 0 bridgehead atoms. The molecule has 0 radical (unpaired) electrons. The van der Waals surface area contributed by atoms with Gasteiger partial charge in [-0.25, -0.2) is 0 Å². The van der Waals surface area contributed by atoms with Crippen LogP contribution in [-0.4, -0.2) is 50.1 Å². The molecule has 6 nitrogen and oxygen atoms in total. The summed E-state index contributed by atoms with van der Waals surface area (Å²) >= 11 is 6.04. The number of benzene rings is 2. The Balaban J connectivity index is 1.51. The van der Waals surface area contributed by atoms with Crippen LogP contribution in [0.25, 0.3) is 0 Å². The van der Waals surface area contributed by atoms with E-state index in [2.05, 4.69) is 5.32 Å². The van der Waals surface area contributed by atoms with Crippen molar-refractivity contribution in [2.75, 3.05) is 27.3 Å². The normalized spacial score (nSPS) is 14.4. The standard InChI is InChI=1S/C22H25ClN2O4/c1-28-18-6-3-15(4-7-18)13-21(26)24-17-9-11-25(12-10-17)22(27)19-14-16(23)5-8-20(19)29-2/h3-8,14,17H,9-13H2,1-2H3,(H,24,26). The lowest BCUT2D eigenvalue weighted by atomic mass is 10.0. The Labute approximate surface area is 175 Å². The second kappa shape index (κ2) is 9.65. The molecule has 0 aromatic heterocycles. The maximum atomic E-state index is 12.8. The molecule has 1 aliphatic rings. The van der Waals surface area contributed by atoms with Crippen LogP contribution < -0.4 is 14.8 Å². The zero-order chi connectivity index (χ0) is 20.8. The highest BCUT2D eigenvalue weighted by Crippen LogP contribution is 2.25. The molecule has 1 fully saturated rings. The molecule has 2 aromatic carbocycles. The first-order valence-electron chi connectivity index (χ1n) is 9.55. The molecule has 1 aliphatic heterocycles. The number of carbonyl (C=O) groups excluding carboxylic acids is 2. The molecule has 2 aromatic rings. The van der Waals surface area contributed by atoms with Crippen LogP contribution >= 0.6 is 11.6 Å². The van der Waals surface area contributed by atoms with E-state index in [-0.39, 0.29) is 17.9 Å². The Morgan fingerprint density at radius 2 is 1.76 bits per heavy atom. The van der Waals surface area contributed by atoms with Gasteiger partial charge in [0.25, 0.3) is 5.91 Å². The van der Waals surface area contributed by atoms with Gasteiger partial charge in [0.05, 0.1) is 26.2 Å². The van der Waals surface area contributed by atoms with Crippen molar-refractivity contribution in [2.45, 2.75) is 25.3 Å². The minimum absolute atomic E-state index is 0.0172. The zero-order valence-electron chi connectivity index (χ0n) is 16.6. The van der Waals surface area contributed by atoms with E-state index in [4.69, 9.17) is 21.1 Å². The van der Waals surface area contributed by atoms with Crippen molar-refractivity contribution in [3.05, 3.63) is 58.6 Å². The van der Waals surface area contributed by atoms with E-state index in [0.717, 1.165) is 11.3 Å². The maximum absolute atomic E-state index is 12.8. The van der Waals surface area contributed by atoms with E-state index in [1.807, 2.05) is 24.3 Å². The summed E-state index contributed by atoms with van der Waals surface area (Å²) in [5, 5.41) is 3.57. The summed E-state index contributed by atoms with van der Waals surface area (Å²) < 4.78 is 10.4. The summed E-state index contributed by atoms with van der Waals surface area (Å²) in [7, 11) is 3.14. The summed E-state index contributed by atoms with van der Waals surface area (Å²) in [5.74, 6) is 1.15. The van der Waals surface area contributed by atoms with Crippen molar-refractivity contribution in [2.24, 2.45) is 0 Å². The molecule has 0 saturated carbocycles. The van der Waals surface area contributed by atoms with Crippen molar-refractivity contribution in [3.63, 3.8) is 0 Å². The van der Waals surface area contributed by atoms with Crippen LogP contribution in [0.15, 0.2) is 42.5 Å². The molecule has 154 valence electrons. The van der Waals surface area contributed by atoms with Gasteiger partial charge in [-0.3, -0.25) is 9.59 Å². The summed E-state index contributed by atoms with van der Waals surface area (Å²) in [5.41, 5.74) is 1.39. The van der Waals surface area contributed by atoms with E-state index in [9.17, 15) is 9.59 Å². The van der Waals surface area contributed by atoms with Crippen molar-refractivity contribution in [3.8, 4) is 11.5 Å². The zero-order valence-corrected chi connectivity index (χ0v) is 17.4. The molecule has 1 saturated heterocycles. The Kier molecular flexibility index (Phi) is 6.99. The smallest absolute Gasteiger partial charge is 0.257 e. The van der Waals surface area contributed by atoms with E-state index in [1.54, 1.807) is 30.2 Å². The van der Waals surface area contributed by atoms with Gasteiger partial charge < -0.3 is 19.7 Å². The number of hydrogen-bond donors (Lipinski definition) is 1. The van der Waals surface area contributed by atoms with Crippen LogP contribution in [-0.2, 0) is 11.2 Å². The molecule has 7 heteroatoms. The molecular weight excluding hydrogens is 392 g/mol. The first-order chi connectivity index (χ1) is 14.0. The Morgan fingerprint density at radius 3 is 2.38 bits per heavy atom. The van der Waals surface area contributed by atoms with Gasteiger partial charge in [0.2, 0.25) is 5.91 Å². The largest absolute Gasteiger partial charge is 0.497 e. The fourth-order valence-electron chi connectivity index (χ4n) is 3.45. The second-order valence-electron chi connectivity index (χ2n) is 7.00. The fourth-order valence-corrected chi connectivity index (χ4v) is 3.62. The first kappa shape index (κ1) is 21.0. The van der Waals surface area contributed by atoms with Crippen LogP contribution in [0.4, 0.5) is 0 Å². The molecule has 0 aliphatic carbocycles. The highest BCUT2D eigenvalue weighted by atomic mass is 35.5. The Morgan fingerprint density at radius 1 is 1.07 bits per heavy atom. The van der Waals surface area contributed by atoms with Crippen LogP contribution in [0.3, 0.4) is 0 Å². The number of nitrogens with one attached hydrogen (secondary N) is 1. The highest BCUT2D eigenvalue weighted by molar-refractivity contribution is 6.31. The van der Waals surface area contributed by atoms with Gasteiger partial charge in [0.15, 0.2) is 0 Å². The number of nitrogens with zero attached hydrogens (tertiary/aromatic N) is 1. The summed E-state index contributed by atoms with van der Waals surface area (Å²) in [4.78, 5) is 27.0. The molecule has 29 heavy (non-hydrogen) atoms. The number of piperidine rings is 1.